The minimum atomic E-state index is 0. The first-order valence-electron chi connectivity index (χ1n) is 9.23. The van der Waals surface area contributed by atoms with Gasteiger partial charge in [-0.3, -0.25) is 14.6 Å². The first kappa shape index (κ1) is 23.2. The van der Waals surface area contributed by atoms with Crippen molar-refractivity contribution in [2.24, 2.45) is 4.99 Å². The second-order valence-electron chi connectivity index (χ2n) is 7.45. The summed E-state index contributed by atoms with van der Waals surface area (Å²) in [5.41, 5.74) is 0.0407. The van der Waals surface area contributed by atoms with Gasteiger partial charge in [0, 0.05) is 57.7 Å². The molecular weight excluding hydrogens is 443 g/mol. The summed E-state index contributed by atoms with van der Waals surface area (Å²) < 4.78 is 7.80. The zero-order chi connectivity index (χ0) is 18.3. The highest BCUT2D eigenvalue weighted by Crippen LogP contribution is 2.20. The Hall–Kier alpha value is -0.870. The first-order valence-corrected chi connectivity index (χ1v) is 9.23. The van der Waals surface area contributed by atoms with Crippen LogP contribution in [0.5, 0.6) is 0 Å². The number of hydrogen-bond acceptors (Lipinski definition) is 4. The van der Waals surface area contributed by atoms with Crippen LogP contribution in [0.25, 0.3) is 0 Å². The molecule has 0 aliphatic carbocycles. The predicted molar refractivity (Wildman–Crippen MR) is 117 cm³/mol. The molecule has 0 radical (unpaired) electrons. The molecule has 2 rings (SSSR count). The topological polar surface area (TPSA) is 66.7 Å². The normalized spacial score (nSPS) is 22.0. The van der Waals surface area contributed by atoms with Gasteiger partial charge in [-0.1, -0.05) is 0 Å². The van der Waals surface area contributed by atoms with E-state index in [0.717, 1.165) is 45.1 Å². The van der Waals surface area contributed by atoms with Crippen molar-refractivity contribution in [3.8, 4) is 0 Å². The monoisotopic (exact) mass is 478 g/mol. The Balaban J connectivity index is 0.00000338. The summed E-state index contributed by atoms with van der Waals surface area (Å²) in [4.78, 5) is 6.83. The van der Waals surface area contributed by atoms with Crippen molar-refractivity contribution in [3.05, 3.63) is 18.5 Å². The summed E-state index contributed by atoms with van der Waals surface area (Å²) in [6, 6.07) is 1.95. The fourth-order valence-electron chi connectivity index (χ4n) is 3.19. The summed E-state index contributed by atoms with van der Waals surface area (Å²) in [7, 11) is 1.81. The first-order chi connectivity index (χ1) is 11.9. The Morgan fingerprint density at radius 2 is 1.96 bits per heavy atom. The molecule has 150 valence electrons. The van der Waals surface area contributed by atoms with E-state index in [9.17, 15) is 0 Å². The zero-order valence-electron chi connectivity index (χ0n) is 16.7. The number of aromatic nitrogens is 2. The highest BCUT2D eigenvalue weighted by Gasteiger charge is 2.33. The Bertz CT molecular complexity index is 524. The van der Waals surface area contributed by atoms with E-state index in [1.165, 1.54) is 0 Å². The van der Waals surface area contributed by atoms with Gasteiger partial charge in [-0.25, -0.2) is 0 Å². The van der Waals surface area contributed by atoms with Gasteiger partial charge in [0.1, 0.15) is 0 Å². The molecule has 2 atom stereocenters. The number of aliphatic imine (C=N–C) groups is 1. The number of aryl methyl sites for hydroxylation is 1. The number of morpholine rings is 1. The average molecular weight is 478 g/mol. The van der Waals surface area contributed by atoms with Gasteiger partial charge >= 0.3 is 0 Å². The van der Waals surface area contributed by atoms with Gasteiger partial charge in [0.05, 0.1) is 12.2 Å². The molecule has 7 nitrogen and oxygen atoms in total. The lowest BCUT2D eigenvalue weighted by atomic mass is 10.00. The van der Waals surface area contributed by atoms with Crippen LogP contribution in [-0.2, 0) is 11.3 Å². The molecular formula is C18H35IN6O. The molecule has 2 heterocycles. The Morgan fingerprint density at radius 1 is 1.27 bits per heavy atom. The van der Waals surface area contributed by atoms with Crippen LogP contribution in [-0.4, -0.2) is 71.6 Å². The molecule has 0 saturated carbocycles. The van der Waals surface area contributed by atoms with Crippen molar-refractivity contribution < 1.29 is 4.74 Å². The summed E-state index contributed by atoms with van der Waals surface area (Å²) >= 11 is 0. The smallest absolute Gasteiger partial charge is 0.191 e. The highest BCUT2D eigenvalue weighted by molar-refractivity contribution is 14.0. The molecule has 1 aliphatic heterocycles. The molecule has 1 aromatic rings. The van der Waals surface area contributed by atoms with E-state index in [2.05, 4.69) is 53.3 Å². The van der Waals surface area contributed by atoms with Crippen molar-refractivity contribution in [1.82, 2.24) is 25.3 Å². The molecule has 26 heavy (non-hydrogen) atoms. The fraction of sp³-hybridized carbons (Fsp3) is 0.778. The summed E-state index contributed by atoms with van der Waals surface area (Å²) in [5.74, 6) is 0.850. The molecule has 0 amide bonds. The van der Waals surface area contributed by atoms with E-state index in [-0.39, 0.29) is 41.7 Å². The predicted octanol–water partition coefficient (Wildman–Crippen LogP) is 1.94. The highest BCUT2D eigenvalue weighted by atomic mass is 127. The Kier molecular flexibility index (Phi) is 9.88. The van der Waals surface area contributed by atoms with Crippen LogP contribution in [0.1, 0.15) is 34.1 Å². The van der Waals surface area contributed by atoms with Crippen molar-refractivity contribution >= 4 is 29.9 Å². The molecule has 1 aromatic heterocycles. The molecule has 1 aliphatic rings. The van der Waals surface area contributed by atoms with E-state index in [1.54, 1.807) is 0 Å². The van der Waals surface area contributed by atoms with Crippen LogP contribution < -0.4 is 10.6 Å². The second-order valence-corrected chi connectivity index (χ2v) is 7.45. The molecule has 2 unspecified atom stereocenters. The van der Waals surface area contributed by atoms with E-state index >= 15 is 0 Å². The Morgan fingerprint density at radius 3 is 2.54 bits per heavy atom. The lowest BCUT2D eigenvalue weighted by Gasteiger charge is -2.45. The van der Waals surface area contributed by atoms with Gasteiger partial charge < -0.3 is 15.4 Å². The fourth-order valence-corrected chi connectivity index (χ4v) is 3.19. The van der Waals surface area contributed by atoms with Crippen LogP contribution in [0.4, 0.5) is 0 Å². The lowest BCUT2D eigenvalue weighted by molar-refractivity contribution is -0.0946. The van der Waals surface area contributed by atoms with Gasteiger partial charge in [0.25, 0.3) is 0 Å². The number of guanidine groups is 1. The third-order valence-electron chi connectivity index (χ3n) is 4.60. The Labute approximate surface area is 175 Å². The number of halogens is 1. The molecule has 0 spiro atoms. The number of rotatable bonds is 7. The van der Waals surface area contributed by atoms with Crippen molar-refractivity contribution in [2.45, 2.75) is 58.4 Å². The van der Waals surface area contributed by atoms with E-state index in [1.807, 2.05) is 30.2 Å². The van der Waals surface area contributed by atoms with E-state index < -0.39 is 0 Å². The van der Waals surface area contributed by atoms with Crippen molar-refractivity contribution in [3.63, 3.8) is 0 Å². The second kappa shape index (κ2) is 11.1. The SMILES string of the molecule is CN=C(NCCCn1cccn1)NCC(C)(C)N1CC(C)OC(C)C1.I. The molecule has 8 heteroatoms. The third-order valence-corrected chi connectivity index (χ3v) is 4.60. The number of nitrogens with zero attached hydrogens (tertiary/aromatic N) is 4. The molecule has 2 N–H and O–H groups in total. The zero-order valence-corrected chi connectivity index (χ0v) is 19.1. The van der Waals surface area contributed by atoms with Crippen LogP contribution in [0.3, 0.4) is 0 Å². The minimum Gasteiger partial charge on any atom is -0.373 e. The molecule has 0 bridgehead atoms. The summed E-state index contributed by atoms with van der Waals surface area (Å²) in [6.45, 7) is 13.4. The van der Waals surface area contributed by atoms with Gasteiger partial charge in [0.2, 0.25) is 0 Å². The van der Waals surface area contributed by atoms with Gasteiger partial charge in [-0.15, -0.1) is 24.0 Å². The van der Waals surface area contributed by atoms with Crippen LogP contribution >= 0.6 is 24.0 Å². The largest absolute Gasteiger partial charge is 0.373 e. The maximum absolute atomic E-state index is 5.85. The van der Waals surface area contributed by atoms with Crippen molar-refractivity contribution in [1.29, 1.82) is 0 Å². The van der Waals surface area contributed by atoms with Gasteiger partial charge in [-0.05, 0) is 40.2 Å². The number of hydrogen-bond donors (Lipinski definition) is 2. The maximum Gasteiger partial charge on any atom is 0.191 e. The van der Waals surface area contributed by atoms with Crippen LogP contribution in [0.2, 0.25) is 0 Å². The lowest BCUT2D eigenvalue weighted by Crippen LogP contribution is -2.59. The van der Waals surface area contributed by atoms with Crippen LogP contribution in [0, 0.1) is 0 Å². The number of ether oxygens (including phenoxy) is 1. The van der Waals surface area contributed by atoms with Gasteiger partial charge in [0.15, 0.2) is 5.96 Å². The quantitative estimate of drug-likeness (QED) is 0.272. The summed E-state index contributed by atoms with van der Waals surface area (Å²) in [6.07, 6.45) is 5.36. The molecule has 1 fully saturated rings. The van der Waals surface area contributed by atoms with Gasteiger partial charge in [-0.2, -0.15) is 5.10 Å². The van der Waals surface area contributed by atoms with Crippen molar-refractivity contribution in [2.75, 3.05) is 33.2 Å². The maximum atomic E-state index is 5.85. The summed E-state index contributed by atoms with van der Waals surface area (Å²) in [5, 5.41) is 11.1. The molecule has 0 aromatic carbocycles. The van der Waals surface area contributed by atoms with E-state index in [4.69, 9.17) is 4.74 Å². The van der Waals surface area contributed by atoms with E-state index in [0.29, 0.717) is 0 Å². The minimum absolute atomic E-state index is 0. The third kappa shape index (κ3) is 7.40. The standard InChI is InChI=1S/C18H34N6O.HI/c1-15-12-23(13-16(2)25-15)18(3,4)14-21-17(19-5)20-8-6-10-24-11-7-9-22-24;/h7,9,11,15-16H,6,8,10,12-14H2,1-5H3,(H2,19,20,21);1H. The number of nitrogens with one attached hydrogen (secondary N) is 2. The molecule has 1 saturated heterocycles. The average Bonchev–Trinajstić information content (AvgIpc) is 3.06. The van der Waals surface area contributed by atoms with Crippen LogP contribution in [0.15, 0.2) is 23.5 Å².